The van der Waals surface area contributed by atoms with Crippen LogP contribution in [0, 0.1) is 6.92 Å². The van der Waals surface area contributed by atoms with Crippen LogP contribution < -0.4 is 10.3 Å². The molecule has 0 spiro atoms. The predicted molar refractivity (Wildman–Crippen MR) is 106 cm³/mol. The minimum atomic E-state index is -4.01. The van der Waals surface area contributed by atoms with Crippen molar-refractivity contribution >= 4 is 39.0 Å². The van der Waals surface area contributed by atoms with Gasteiger partial charge in [0.15, 0.2) is 5.78 Å². The third-order valence-electron chi connectivity index (χ3n) is 4.28. The zero-order chi connectivity index (χ0) is 19.6. The first-order chi connectivity index (χ1) is 12.8. The normalized spacial score (nSPS) is 17.5. The van der Waals surface area contributed by atoms with Gasteiger partial charge in [0, 0.05) is 18.2 Å². The Balaban J connectivity index is 1.77. The number of hydrazine groups is 1. The molecule has 0 bridgehead atoms. The van der Waals surface area contributed by atoms with Crippen molar-refractivity contribution in [1.29, 1.82) is 0 Å². The molecule has 0 aromatic heterocycles. The Morgan fingerprint density at radius 1 is 1.04 bits per heavy atom. The SMILES string of the molecule is Cc1cc(Cl)c(S(=O)(=O)NNC2=CC(=O)CC(c3ccccc3)C2)c(Cl)c1. The summed E-state index contributed by atoms with van der Waals surface area (Å²) in [5, 5.41) is 0.0651. The van der Waals surface area contributed by atoms with E-state index in [-0.39, 0.29) is 26.6 Å². The van der Waals surface area contributed by atoms with Crippen LogP contribution in [0.25, 0.3) is 0 Å². The molecule has 1 atom stereocenters. The number of benzene rings is 2. The van der Waals surface area contributed by atoms with Crippen molar-refractivity contribution in [3.05, 3.63) is 75.4 Å². The maximum Gasteiger partial charge on any atom is 0.260 e. The van der Waals surface area contributed by atoms with E-state index in [4.69, 9.17) is 23.2 Å². The molecule has 5 nitrogen and oxygen atoms in total. The van der Waals surface area contributed by atoms with Crippen molar-refractivity contribution in [2.75, 3.05) is 0 Å². The molecule has 142 valence electrons. The summed E-state index contributed by atoms with van der Waals surface area (Å²) in [7, 11) is -4.01. The molecule has 8 heteroatoms. The molecule has 1 aliphatic carbocycles. The molecule has 0 aliphatic heterocycles. The highest BCUT2D eigenvalue weighted by Gasteiger charge is 2.25. The maximum atomic E-state index is 12.6. The van der Waals surface area contributed by atoms with E-state index in [9.17, 15) is 13.2 Å². The third-order valence-corrected chi connectivity index (χ3v) is 6.45. The maximum absolute atomic E-state index is 12.6. The third kappa shape index (κ3) is 4.71. The number of allylic oxidation sites excluding steroid dienone is 2. The molecule has 27 heavy (non-hydrogen) atoms. The molecule has 0 saturated heterocycles. The van der Waals surface area contributed by atoms with Crippen LogP contribution in [0.15, 0.2) is 59.1 Å². The Morgan fingerprint density at radius 2 is 1.67 bits per heavy atom. The minimum Gasteiger partial charge on any atom is -0.312 e. The van der Waals surface area contributed by atoms with Crippen LogP contribution in [0.3, 0.4) is 0 Å². The Bertz CT molecular complexity index is 982. The van der Waals surface area contributed by atoms with Gasteiger partial charge >= 0.3 is 0 Å². The monoisotopic (exact) mass is 424 g/mol. The van der Waals surface area contributed by atoms with Crippen LogP contribution in [-0.4, -0.2) is 14.2 Å². The van der Waals surface area contributed by atoms with Gasteiger partial charge in [-0.15, -0.1) is 4.83 Å². The van der Waals surface area contributed by atoms with Crippen molar-refractivity contribution in [1.82, 2.24) is 10.3 Å². The average molecular weight is 425 g/mol. The average Bonchev–Trinajstić information content (AvgIpc) is 2.59. The summed E-state index contributed by atoms with van der Waals surface area (Å²) in [6.45, 7) is 1.77. The van der Waals surface area contributed by atoms with Gasteiger partial charge in [-0.3, -0.25) is 4.79 Å². The zero-order valence-corrected chi connectivity index (χ0v) is 16.8. The fraction of sp³-hybridized carbons (Fsp3) is 0.211. The smallest absolute Gasteiger partial charge is 0.260 e. The summed E-state index contributed by atoms with van der Waals surface area (Å²) in [6, 6.07) is 12.7. The van der Waals surface area contributed by atoms with Gasteiger partial charge in [0.2, 0.25) is 0 Å². The van der Waals surface area contributed by atoms with E-state index in [2.05, 4.69) is 10.3 Å². The number of hydrogen-bond donors (Lipinski definition) is 2. The van der Waals surface area contributed by atoms with Crippen LogP contribution in [0.2, 0.25) is 10.0 Å². The number of carbonyl (C=O) groups is 1. The molecule has 0 heterocycles. The van der Waals surface area contributed by atoms with Gasteiger partial charge in [-0.1, -0.05) is 53.5 Å². The van der Waals surface area contributed by atoms with Crippen LogP contribution in [0.5, 0.6) is 0 Å². The van der Waals surface area contributed by atoms with E-state index in [0.717, 1.165) is 11.1 Å². The summed E-state index contributed by atoms with van der Waals surface area (Å²) in [4.78, 5) is 14.1. The van der Waals surface area contributed by atoms with Gasteiger partial charge in [0.05, 0.1) is 10.0 Å². The van der Waals surface area contributed by atoms with Gasteiger partial charge < -0.3 is 5.43 Å². The Labute approximate surface area is 168 Å². The lowest BCUT2D eigenvalue weighted by Gasteiger charge is -2.23. The van der Waals surface area contributed by atoms with E-state index in [1.54, 1.807) is 6.92 Å². The number of sulfonamides is 1. The molecule has 0 fully saturated rings. The molecule has 2 N–H and O–H groups in total. The standard InChI is InChI=1S/C19H18Cl2N2O3S/c1-12-7-17(20)19(18(21)8-12)27(25,26)23-22-15-9-14(10-16(24)11-15)13-5-3-2-4-6-13/h2-8,11,14,22-23H,9-10H2,1H3. The Kier molecular flexibility index (Phi) is 5.91. The van der Waals surface area contributed by atoms with Crippen molar-refractivity contribution in [2.24, 2.45) is 0 Å². The van der Waals surface area contributed by atoms with E-state index < -0.39 is 10.0 Å². The van der Waals surface area contributed by atoms with Crippen molar-refractivity contribution in [2.45, 2.75) is 30.6 Å². The van der Waals surface area contributed by atoms with E-state index in [1.807, 2.05) is 30.3 Å². The van der Waals surface area contributed by atoms with Crippen LogP contribution >= 0.6 is 23.2 Å². The second kappa shape index (κ2) is 8.02. The largest absolute Gasteiger partial charge is 0.312 e. The number of nitrogens with one attached hydrogen (secondary N) is 2. The number of ketones is 1. The van der Waals surface area contributed by atoms with Gasteiger partial charge in [0.1, 0.15) is 4.90 Å². The quantitative estimate of drug-likeness (QED) is 0.707. The highest BCUT2D eigenvalue weighted by atomic mass is 35.5. The highest BCUT2D eigenvalue weighted by molar-refractivity contribution is 7.89. The molecule has 1 aliphatic rings. The molecule has 0 amide bonds. The van der Waals surface area contributed by atoms with Crippen molar-refractivity contribution in [3.8, 4) is 0 Å². The van der Waals surface area contributed by atoms with Crippen LogP contribution in [0.4, 0.5) is 0 Å². The minimum absolute atomic E-state index is 0.0118. The zero-order valence-electron chi connectivity index (χ0n) is 14.5. The number of aryl methyl sites for hydroxylation is 1. The first kappa shape index (κ1) is 19.9. The van der Waals surface area contributed by atoms with Gasteiger partial charge in [-0.05, 0) is 42.5 Å². The molecule has 2 aromatic carbocycles. The number of rotatable bonds is 5. The van der Waals surface area contributed by atoms with E-state index in [0.29, 0.717) is 18.5 Å². The second-order valence-corrected chi connectivity index (χ2v) is 8.87. The summed E-state index contributed by atoms with van der Waals surface area (Å²) in [6.07, 6.45) is 2.31. The number of halogens is 2. The number of hydrogen-bond acceptors (Lipinski definition) is 4. The fourth-order valence-electron chi connectivity index (χ4n) is 3.07. The summed E-state index contributed by atoms with van der Waals surface area (Å²) >= 11 is 12.1. The lowest BCUT2D eigenvalue weighted by molar-refractivity contribution is -0.115. The molecule has 1 unspecified atom stereocenters. The predicted octanol–water partition coefficient (Wildman–Crippen LogP) is 4.12. The van der Waals surface area contributed by atoms with Crippen molar-refractivity contribution in [3.63, 3.8) is 0 Å². The lowest BCUT2D eigenvalue weighted by Crippen LogP contribution is -2.38. The number of carbonyl (C=O) groups excluding carboxylic acids is 1. The summed E-state index contributed by atoms with van der Waals surface area (Å²) in [5.74, 6) is -0.0783. The summed E-state index contributed by atoms with van der Waals surface area (Å²) in [5.41, 5.74) is 4.92. The summed E-state index contributed by atoms with van der Waals surface area (Å²) < 4.78 is 25.2. The molecule has 2 aromatic rings. The van der Waals surface area contributed by atoms with Gasteiger partial charge in [-0.2, -0.15) is 0 Å². The Hall–Kier alpha value is -1.86. The van der Waals surface area contributed by atoms with Crippen molar-refractivity contribution < 1.29 is 13.2 Å². The molecular formula is C19H18Cl2N2O3S. The molecule has 3 rings (SSSR count). The fourth-order valence-corrected chi connectivity index (χ4v) is 5.27. The lowest BCUT2D eigenvalue weighted by atomic mass is 9.86. The first-order valence-corrected chi connectivity index (χ1v) is 10.5. The van der Waals surface area contributed by atoms with E-state index in [1.165, 1.54) is 18.2 Å². The van der Waals surface area contributed by atoms with E-state index >= 15 is 0 Å². The highest BCUT2D eigenvalue weighted by Crippen LogP contribution is 2.32. The molecule has 0 radical (unpaired) electrons. The first-order valence-electron chi connectivity index (χ1n) is 8.28. The van der Waals surface area contributed by atoms with Crippen LogP contribution in [-0.2, 0) is 14.8 Å². The van der Waals surface area contributed by atoms with Gasteiger partial charge in [0.25, 0.3) is 10.0 Å². The molecular weight excluding hydrogens is 407 g/mol. The molecule has 0 saturated carbocycles. The topological polar surface area (TPSA) is 75.3 Å². The Morgan fingerprint density at radius 3 is 2.30 bits per heavy atom. The van der Waals surface area contributed by atoms with Crippen LogP contribution in [0.1, 0.15) is 29.9 Å². The second-order valence-electron chi connectivity index (χ2n) is 6.44. The van der Waals surface area contributed by atoms with Gasteiger partial charge in [-0.25, -0.2) is 8.42 Å².